The highest BCUT2D eigenvalue weighted by atomic mass is 32.1. The number of aromatic amines is 1. The van der Waals surface area contributed by atoms with Gasteiger partial charge >= 0.3 is 0 Å². The lowest BCUT2D eigenvalue weighted by molar-refractivity contribution is 0.415. The van der Waals surface area contributed by atoms with Crippen LogP contribution in [-0.4, -0.2) is 32.3 Å². The number of methoxy groups -OCH3 is 1. The molecular weight excluding hydrogens is 430 g/mol. The number of rotatable bonds is 5. The number of thiophene rings is 1. The maximum absolute atomic E-state index is 5.30. The molecule has 0 fully saturated rings. The van der Waals surface area contributed by atoms with Crippen LogP contribution in [0.4, 0.5) is 22.6 Å². The number of ether oxygens (including phenoxy) is 1. The first-order chi connectivity index (χ1) is 15.2. The van der Waals surface area contributed by atoms with E-state index in [1.807, 2.05) is 47.8 Å². The lowest BCUT2D eigenvalue weighted by Crippen LogP contribution is -2.01. The Hall–Kier alpha value is -3.76. The van der Waals surface area contributed by atoms with Crippen molar-refractivity contribution in [3.05, 3.63) is 54.0 Å². The molecule has 10 heteroatoms. The average molecular weight is 446 g/mol. The van der Waals surface area contributed by atoms with E-state index in [2.05, 4.69) is 30.8 Å². The zero-order valence-electron chi connectivity index (χ0n) is 16.2. The molecule has 0 radical (unpaired) electrons. The summed E-state index contributed by atoms with van der Waals surface area (Å²) >= 11 is 3.13. The quantitative estimate of drug-likeness (QED) is 0.314. The molecule has 6 aromatic rings. The SMILES string of the molecule is COc1ccc2nc(Nc3nc(Nc4ccc5[nH]ncc5c4)c4sccc4n3)sc2c1. The molecule has 152 valence electrons. The molecule has 0 aliphatic rings. The molecule has 2 aromatic carbocycles. The highest BCUT2D eigenvalue weighted by Crippen LogP contribution is 2.33. The van der Waals surface area contributed by atoms with Gasteiger partial charge in [0.15, 0.2) is 10.9 Å². The molecule has 0 bridgehead atoms. The van der Waals surface area contributed by atoms with E-state index in [4.69, 9.17) is 9.72 Å². The molecule has 0 aliphatic carbocycles. The first-order valence-electron chi connectivity index (χ1n) is 9.42. The summed E-state index contributed by atoms with van der Waals surface area (Å²) in [6, 6.07) is 13.8. The third kappa shape index (κ3) is 3.31. The van der Waals surface area contributed by atoms with E-state index in [1.165, 1.54) is 11.3 Å². The zero-order chi connectivity index (χ0) is 20.8. The summed E-state index contributed by atoms with van der Waals surface area (Å²) in [6.45, 7) is 0. The molecule has 0 spiro atoms. The summed E-state index contributed by atoms with van der Waals surface area (Å²) in [4.78, 5) is 14.0. The fourth-order valence-electron chi connectivity index (χ4n) is 3.34. The maximum atomic E-state index is 5.30. The fraction of sp³-hybridized carbons (Fsp3) is 0.0476. The van der Waals surface area contributed by atoms with E-state index in [0.29, 0.717) is 5.95 Å². The van der Waals surface area contributed by atoms with Gasteiger partial charge < -0.3 is 10.1 Å². The Morgan fingerprint density at radius 2 is 1.94 bits per heavy atom. The van der Waals surface area contributed by atoms with Crippen LogP contribution in [0.3, 0.4) is 0 Å². The van der Waals surface area contributed by atoms with Gasteiger partial charge in [0.2, 0.25) is 5.95 Å². The Bertz CT molecular complexity index is 1550. The Labute approximate surface area is 184 Å². The standard InChI is InChI=1S/C21H15N7OS2/c1-29-13-3-5-15-17(9-13)31-21(25-15)27-20-24-16-6-7-30-18(16)19(26-20)23-12-2-4-14-11(8-12)10-22-28-14/h2-10H,1H3,(H,22,28)(H2,23,24,25,26,27). The molecule has 4 heterocycles. The Morgan fingerprint density at radius 1 is 0.968 bits per heavy atom. The number of hydrogen-bond acceptors (Lipinski definition) is 9. The van der Waals surface area contributed by atoms with Gasteiger partial charge in [-0.15, -0.1) is 11.3 Å². The topological polar surface area (TPSA) is 101 Å². The van der Waals surface area contributed by atoms with Crippen molar-refractivity contribution in [1.82, 2.24) is 25.1 Å². The van der Waals surface area contributed by atoms with Crippen LogP contribution in [0.5, 0.6) is 5.75 Å². The van der Waals surface area contributed by atoms with Gasteiger partial charge in [0.25, 0.3) is 0 Å². The highest BCUT2D eigenvalue weighted by Gasteiger charge is 2.12. The number of anilines is 4. The van der Waals surface area contributed by atoms with Gasteiger partial charge in [-0.1, -0.05) is 11.3 Å². The van der Waals surface area contributed by atoms with E-state index >= 15 is 0 Å². The van der Waals surface area contributed by atoms with E-state index in [1.54, 1.807) is 24.6 Å². The van der Waals surface area contributed by atoms with E-state index in [-0.39, 0.29) is 0 Å². The van der Waals surface area contributed by atoms with Crippen molar-refractivity contribution in [3.63, 3.8) is 0 Å². The molecule has 6 rings (SSSR count). The number of nitrogens with one attached hydrogen (secondary N) is 3. The van der Waals surface area contributed by atoms with E-state index < -0.39 is 0 Å². The van der Waals surface area contributed by atoms with Crippen LogP contribution in [0.2, 0.25) is 0 Å². The molecule has 0 saturated heterocycles. The minimum absolute atomic E-state index is 0.490. The fourth-order valence-corrected chi connectivity index (χ4v) is 5.01. The minimum Gasteiger partial charge on any atom is -0.497 e. The van der Waals surface area contributed by atoms with Gasteiger partial charge in [-0.05, 0) is 47.8 Å². The van der Waals surface area contributed by atoms with Crippen LogP contribution in [-0.2, 0) is 0 Å². The van der Waals surface area contributed by atoms with Crippen LogP contribution < -0.4 is 15.4 Å². The average Bonchev–Trinajstić information content (AvgIpc) is 3.51. The monoisotopic (exact) mass is 445 g/mol. The van der Waals surface area contributed by atoms with E-state index in [0.717, 1.165) is 53.7 Å². The van der Waals surface area contributed by atoms with Crippen molar-refractivity contribution in [2.24, 2.45) is 0 Å². The summed E-state index contributed by atoms with van der Waals surface area (Å²) in [6.07, 6.45) is 1.80. The zero-order valence-corrected chi connectivity index (χ0v) is 17.8. The molecule has 0 saturated carbocycles. The smallest absolute Gasteiger partial charge is 0.231 e. The number of benzene rings is 2. The number of nitrogens with zero attached hydrogens (tertiary/aromatic N) is 4. The number of hydrogen-bond donors (Lipinski definition) is 3. The van der Waals surface area contributed by atoms with Gasteiger partial charge in [0, 0.05) is 11.1 Å². The van der Waals surface area contributed by atoms with Gasteiger partial charge in [-0.25, -0.2) is 9.97 Å². The van der Waals surface area contributed by atoms with Crippen LogP contribution in [0.1, 0.15) is 0 Å². The summed E-state index contributed by atoms with van der Waals surface area (Å²) in [7, 11) is 1.66. The van der Waals surface area contributed by atoms with Crippen molar-refractivity contribution in [3.8, 4) is 5.75 Å². The van der Waals surface area contributed by atoms with Gasteiger partial charge in [-0.2, -0.15) is 10.1 Å². The molecule has 0 unspecified atom stereocenters. The van der Waals surface area contributed by atoms with Crippen molar-refractivity contribution >= 4 is 76.6 Å². The predicted octanol–water partition coefficient (Wildman–Crippen LogP) is 5.67. The van der Waals surface area contributed by atoms with Crippen LogP contribution >= 0.6 is 22.7 Å². The molecule has 3 N–H and O–H groups in total. The summed E-state index contributed by atoms with van der Waals surface area (Å²) in [5, 5.41) is 17.5. The molecule has 31 heavy (non-hydrogen) atoms. The molecule has 0 atom stereocenters. The van der Waals surface area contributed by atoms with Crippen LogP contribution in [0, 0.1) is 0 Å². The molecular formula is C21H15N7OS2. The predicted molar refractivity (Wildman–Crippen MR) is 126 cm³/mol. The Kier molecular flexibility index (Phi) is 4.18. The second-order valence-corrected chi connectivity index (χ2v) is 8.75. The van der Waals surface area contributed by atoms with Gasteiger partial charge in [0.05, 0.1) is 39.3 Å². The summed E-state index contributed by atoms with van der Waals surface area (Å²) < 4.78 is 7.33. The second-order valence-electron chi connectivity index (χ2n) is 6.81. The molecule has 0 amide bonds. The van der Waals surface area contributed by atoms with Gasteiger partial charge in [-0.3, -0.25) is 10.4 Å². The van der Waals surface area contributed by atoms with Crippen LogP contribution in [0.25, 0.3) is 31.3 Å². The van der Waals surface area contributed by atoms with E-state index in [9.17, 15) is 0 Å². The molecule has 8 nitrogen and oxygen atoms in total. The largest absolute Gasteiger partial charge is 0.497 e. The lowest BCUT2D eigenvalue weighted by Gasteiger charge is -2.09. The van der Waals surface area contributed by atoms with Crippen molar-refractivity contribution < 1.29 is 4.74 Å². The number of H-pyrrole nitrogens is 1. The third-order valence-corrected chi connectivity index (χ3v) is 6.66. The third-order valence-electron chi connectivity index (χ3n) is 4.82. The van der Waals surface area contributed by atoms with Crippen LogP contribution in [0.15, 0.2) is 54.0 Å². The summed E-state index contributed by atoms with van der Waals surface area (Å²) in [5.74, 6) is 2.04. The number of fused-ring (bicyclic) bond motifs is 3. The van der Waals surface area contributed by atoms with Crippen molar-refractivity contribution in [1.29, 1.82) is 0 Å². The Morgan fingerprint density at radius 3 is 2.87 bits per heavy atom. The second kappa shape index (κ2) is 7.18. The first-order valence-corrected chi connectivity index (χ1v) is 11.1. The van der Waals surface area contributed by atoms with Crippen molar-refractivity contribution in [2.45, 2.75) is 0 Å². The molecule has 0 aliphatic heterocycles. The molecule has 4 aromatic heterocycles. The lowest BCUT2D eigenvalue weighted by atomic mass is 10.2. The highest BCUT2D eigenvalue weighted by molar-refractivity contribution is 7.22. The van der Waals surface area contributed by atoms with Crippen molar-refractivity contribution in [2.75, 3.05) is 17.7 Å². The summed E-state index contributed by atoms with van der Waals surface area (Å²) in [5.41, 5.74) is 3.69. The van der Waals surface area contributed by atoms with Gasteiger partial charge in [0.1, 0.15) is 5.75 Å². The minimum atomic E-state index is 0.490. The Balaban J connectivity index is 1.36. The number of thiazole rings is 1. The maximum Gasteiger partial charge on any atom is 0.231 e. The first kappa shape index (κ1) is 18.0. The normalized spacial score (nSPS) is 11.4. The number of aromatic nitrogens is 5.